The van der Waals surface area contributed by atoms with Crippen molar-refractivity contribution in [2.45, 2.75) is 52.4 Å². The van der Waals surface area contributed by atoms with Crippen LogP contribution in [-0.4, -0.2) is 17.5 Å². The highest BCUT2D eigenvalue weighted by atomic mass is 16.6. The summed E-state index contributed by atoms with van der Waals surface area (Å²) in [5, 5.41) is 9.07. The highest BCUT2D eigenvalue weighted by molar-refractivity contribution is 4.51. The minimum atomic E-state index is -0.565. The summed E-state index contributed by atoms with van der Waals surface area (Å²) in [5.41, 5.74) is 0. The number of aliphatic hydroxyl groups is 1. The molecule has 2 nitrogen and oxygen atoms in total. The van der Waals surface area contributed by atoms with Gasteiger partial charge >= 0.3 is 0 Å². The van der Waals surface area contributed by atoms with Gasteiger partial charge in [0.2, 0.25) is 0 Å². The van der Waals surface area contributed by atoms with Crippen molar-refractivity contribution in [3.05, 3.63) is 0 Å². The van der Waals surface area contributed by atoms with Gasteiger partial charge in [-0.05, 0) is 19.3 Å². The standard InChI is InChI=1S/C8H18O2/c1-4-7(5-2)10-8(9)6-3/h7-9H,4-6H2,1-3H3. The van der Waals surface area contributed by atoms with Crippen LogP contribution in [0.1, 0.15) is 40.0 Å². The van der Waals surface area contributed by atoms with Crippen molar-refractivity contribution in [1.82, 2.24) is 0 Å². The molecule has 0 radical (unpaired) electrons. The summed E-state index contributed by atoms with van der Waals surface area (Å²) in [7, 11) is 0. The van der Waals surface area contributed by atoms with E-state index in [4.69, 9.17) is 9.84 Å². The first-order valence-electron chi connectivity index (χ1n) is 4.08. The van der Waals surface area contributed by atoms with Crippen molar-refractivity contribution in [3.63, 3.8) is 0 Å². The molecule has 0 aliphatic rings. The second kappa shape index (κ2) is 5.69. The molecule has 0 aromatic rings. The number of ether oxygens (including phenoxy) is 1. The largest absolute Gasteiger partial charge is 0.368 e. The zero-order valence-electron chi connectivity index (χ0n) is 7.13. The molecule has 0 saturated heterocycles. The van der Waals surface area contributed by atoms with Crippen molar-refractivity contribution in [2.75, 3.05) is 0 Å². The van der Waals surface area contributed by atoms with Crippen LogP contribution in [0.5, 0.6) is 0 Å². The molecular weight excluding hydrogens is 128 g/mol. The minimum absolute atomic E-state index is 0.231. The molecule has 0 bridgehead atoms. The van der Waals surface area contributed by atoms with Gasteiger partial charge in [0.1, 0.15) is 0 Å². The fourth-order valence-corrected chi connectivity index (χ4v) is 0.799. The van der Waals surface area contributed by atoms with E-state index in [1.807, 2.05) is 6.92 Å². The van der Waals surface area contributed by atoms with Crippen LogP contribution in [0, 0.1) is 0 Å². The summed E-state index contributed by atoms with van der Waals surface area (Å²) in [5.74, 6) is 0. The Morgan fingerprint density at radius 2 is 1.60 bits per heavy atom. The molecule has 0 aromatic heterocycles. The Balaban J connectivity index is 3.41. The monoisotopic (exact) mass is 146 g/mol. The average Bonchev–Trinajstić information content (AvgIpc) is 1.99. The minimum Gasteiger partial charge on any atom is -0.368 e. The molecule has 0 aliphatic heterocycles. The van der Waals surface area contributed by atoms with Gasteiger partial charge in [0.25, 0.3) is 0 Å². The summed E-state index contributed by atoms with van der Waals surface area (Å²) in [6, 6.07) is 0. The van der Waals surface area contributed by atoms with E-state index in [-0.39, 0.29) is 6.10 Å². The topological polar surface area (TPSA) is 29.5 Å². The van der Waals surface area contributed by atoms with Crippen LogP contribution in [0.15, 0.2) is 0 Å². The van der Waals surface area contributed by atoms with Crippen LogP contribution in [-0.2, 0) is 4.74 Å². The zero-order valence-corrected chi connectivity index (χ0v) is 7.13. The highest BCUT2D eigenvalue weighted by Gasteiger charge is 2.07. The molecule has 0 amide bonds. The summed E-state index contributed by atoms with van der Waals surface area (Å²) in [6.45, 7) is 6.04. The maximum absolute atomic E-state index is 9.07. The van der Waals surface area contributed by atoms with Gasteiger partial charge in [-0.15, -0.1) is 0 Å². The Labute approximate surface area is 63.2 Å². The first-order valence-corrected chi connectivity index (χ1v) is 4.08. The molecule has 1 unspecified atom stereocenters. The van der Waals surface area contributed by atoms with E-state index in [2.05, 4.69) is 13.8 Å². The van der Waals surface area contributed by atoms with Crippen molar-refractivity contribution in [2.24, 2.45) is 0 Å². The third-order valence-corrected chi connectivity index (χ3v) is 1.61. The van der Waals surface area contributed by atoms with Crippen LogP contribution < -0.4 is 0 Å². The van der Waals surface area contributed by atoms with Gasteiger partial charge in [-0.1, -0.05) is 20.8 Å². The molecule has 1 N–H and O–H groups in total. The van der Waals surface area contributed by atoms with E-state index in [9.17, 15) is 0 Å². The molecule has 0 fully saturated rings. The van der Waals surface area contributed by atoms with Gasteiger partial charge in [0, 0.05) is 0 Å². The van der Waals surface area contributed by atoms with Gasteiger partial charge in [-0.25, -0.2) is 0 Å². The van der Waals surface area contributed by atoms with Crippen LogP contribution in [0.2, 0.25) is 0 Å². The smallest absolute Gasteiger partial charge is 0.154 e. The Kier molecular flexibility index (Phi) is 5.64. The van der Waals surface area contributed by atoms with E-state index in [1.165, 1.54) is 0 Å². The van der Waals surface area contributed by atoms with Gasteiger partial charge in [0.05, 0.1) is 6.10 Å². The molecular formula is C8H18O2. The summed E-state index contributed by atoms with van der Waals surface area (Å²) < 4.78 is 5.25. The quantitative estimate of drug-likeness (QED) is 0.600. The van der Waals surface area contributed by atoms with Gasteiger partial charge in [-0.3, -0.25) is 0 Å². The summed E-state index contributed by atoms with van der Waals surface area (Å²) in [4.78, 5) is 0. The molecule has 0 aliphatic carbocycles. The number of aliphatic hydroxyl groups excluding tert-OH is 1. The first-order chi connectivity index (χ1) is 4.74. The Bertz CT molecular complexity index is 69.7. The maximum atomic E-state index is 9.07. The third kappa shape index (κ3) is 3.85. The fraction of sp³-hybridized carbons (Fsp3) is 1.00. The SMILES string of the molecule is CCC(O)OC(CC)CC. The molecule has 0 saturated carbocycles. The van der Waals surface area contributed by atoms with Crippen molar-refractivity contribution in [1.29, 1.82) is 0 Å². The van der Waals surface area contributed by atoms with E-state index in [0.29, 0.717) is 6.42 Å². The molecule has 0 rings (SSSR count). The number of hydrogen-bond acceptors (Lipinski definition) is 2. The van der Waals surface area contributed by atoms with Crippen LogP contribution in [0.25, 0.3) is 0 Å². The molecule has 0 heterocycles. The van der Waals surface area contributed by atoms with Crippen molar-refractivity contribution < 1.29 is 9.84 Å². The summed E-state index contributed by atoms with van der Waals surface area (Å²) in [6.07, 6.45) is 2.30. The fourth-order valence-electron chi connectivity index (χ4n) is 0.799. The number of hydrogen-bond donors (Lipinski definition) is 1. The average molecular weight is 146 g/mol. The third-order valence-electron chi connectivity index (χ3n) is 1.61. The van der Waals surface area contributed by atoms with Gasteiger partial charge in [0.15, 0.2) is 6.29 Å². The number of rotatable bonds is 5. The van der Waals surface area contributed by atoms with Crippen LogP contribution in [0.4, 0.5) is 0 Å². The van der Waals surface area contributed by atoms with E-state index >= 15 is 0 Å². The Morgan fingerprint density at radius 1 is 1.10 bits per heavy atom. The van der Waals surface area contributed by atoms with Crippen LogP contribution in [0.3, 0.4) is 0 Å². The second-order valence-corrected chi connectivity index (χ2v) is 2.44. The second-order valence-electron chi connectivity index (χ2n) is 2.44. The lowest BCUT2D eigenvalue weighted by Gasteiger charge is -2.17. The van der Waals surface area contributed by atoms with Crippen molar-refractivity contribution >= 4 is 0 Å². The Morgan fingerprint density at radius 3 is 1.90 bits per heavy atom. The predicted octanol–water partition coefficient (Wildman–Crippen LogP) is 1.92. The van der Waals surface area contributed by atoms with Crippen LogP contribution >= 0.6 is 0 Å². The van der Waals surface area contributed by atoms with Gasteiger partial charge in [-0.2, -0.15) is 0 Å². The zero-order chi connectivity index (χ0) is 7.98. The molecule has 2 heteroatoms. The lowest BCUT2D eigenvalue weighted by atomic mass is 10.2. The molecule has 0 aromatic carbocycles. The van der Waals surface area contributed by atoms with E-state index in [1.54, 1.807) is 0 Å². The lowest BCUT2D eigenvalue weighted by molar-refractivity contribution is -0.137. The Hall–Kier alpha value is -0.0800. The maximum Gasteiger partial charge on any atom is 0.154 e. The molecule has 62 valence electrons. The first kappa shape index (κ1) is 9.92. The normalized spacial score (nSPS) is 14.1. The van der Waals surface area contributed by atoms with Gasteiger partial charge < -0.3 is 9.84 Å². The van der Waals surface area contributed by atoms with E-state index in [0.717, 1.165) is 12.8 Å². The predicted molar refractivity (Wildman–Crippen MR) is 41.8 cm³/mol. The molecule has 0 spiro atoms. The highest BCUT2D eigenvalue weighted by Crippen LogP contribution is 2.06. The summed E-state index contributed by atoms with van der Waals surface area (Å²) >= 11 is 0. The lowest BCUT2D eigenvalue weighted by Crippen LogP contribution is -2.19. The van der Waals surface area contributed by atoms with Crippen molar-refractivity contribution in [3.8, 4) is 0 Å². The molecule has 10 heavy (non-hydrogen) atoms. The van der Waals surface area contributed by atoms with E-state index < -0.39 is 6.29 Å². The molecule has 1 atom stereocenters.